The van der Waals surface area contributed by atoms with Gasteiger partial charge < -0.3 is 20.1 Å². The largest absolute Gasteiger partial charge is 0.480 e. The lowest BCUT2D eigenvalue weighted by atomic mass is 10.0. The first-order chi connectivity index (χ1) is 9.81. The zero-order valence-electron chi connectivity index (χ0n) is 13.2. The van der Waals surface area contributed by atoms with Crippen LogP contribution in [-0.2, 0) is 14.3 Å². The summed E-state index contributed by atoms with van der Waals surface area (Å²) in [4.78, 5) is 36.0. The Bertz CT molecular complexity index is 357. The van der Waals surface area contributed by atoms with E-state index in [0.717, 1.165) is 0 Å². The van der Waals surface area contributed by atoms with E-state index < -0.39 is 24.0 Å². The molecule has 0 heterocycles. The Balaban J connectivity index is 4.70. The van der Waals surface area contributed by atoms with Crippen LogP contribution in [0.3, 0.4) is 0 Å². The number of nitrogens with one attached hydrogen (secondary N) is 1. The molecule has 7 nitrogen and oxygen atoms in total. The van der Waals surface area contributed by atoms with Gasteiger partial charge >= 0.3 is 18.0 Å². The van der Waals surface area contributed by atoms with Crippen molar-refractivity contribution in [2.24, 2.45) is 5.92 Å². The fraction of sp³-hybridized carbons (Fsp3) is 0.786. The van der Waals surface area contributed by atoms with Gasteiger partial charge in [0.05, 0.1) is 6.61 Å². The number of hydrogen-bond donors (Lipinski definition) is 2. The monoisotopic (exact) mass is 302 g/mol. The highest BCUT2D eigenvalue weighted by molar-refractivity contribution is 5.85. The number of aliphatic carboxylic acids is 1. The van der Waals surface area contributed by atoms with E-state index in [4.69, 9.17) is 9.84 Å². The average Bonchev–Trinajstić information content (AvgIpc) is 2.36. The van der Waals surface area contributed by atoms with Crippen molar-refractivity contribution >= 4 is 18.0 Å². The molecule has 7 heteroatoms. The number of rotatable bonds is 9. The normalized spacial score (nSPS) is 11.9. The maximum Gasteiger partial charge on any atom is 0.326 e. The van der Waals surface area contributed by atoms with Crippen molar-refractivity contribution < 1.29 is 24.2 Å². The van der Waals surface area contributed by atoms with Crippen molar-refractivity contribution in [2.45, 2.75) is 46.6 Å². The number of hydrogen-bond acceptors (Lipinski definition) is 4. The van der Waals surface area contributed by atoms with Crippen LogP contribution in [0.25, 0.3) is 0 Å². The maximum atomic E-state index is 12.1. The summed E-state index contributed by atoms with van der Waals surface area (Å²) in [6.07, 6.45) is 0.995. The van der Waals surface area contributed by atoms with Gasteiger partial charge in [0.1, 0.15) is 12.6 Å². The summed E-state index contributed by atoms with van der Waals surface area (Å²) in [6, 6.07) is -1.52. The molecule has 0 bridgehead atoms. The van der Waals surface area contributed by atoms with Crippen molar-refractivity contribution in [1.29, 1.82) is 0 Å². The molecule has 0 aliphatic rings. The molecule has 0 saturated carbocycles. The molecule has 21 heavy (non-hydrogen) atoms. The molecule has 0 aromatic carbocycles. The van der Waals surface area contributed by atoms with Gasteiger partial charge in [-0.15, -0.1) is 0 Å². The lowest BCUT2D eigenvalue weighted by molar-refractivity contribution is -0.143. The van der Waals surface area contributed by atoms with Crippen molar-refractivity contribution in [1.82, 2.24) is 10.2 Å². The summed E-state index contributed by atoms with van der Waals surface area (Å²) >= 11 is 0. The molecule has 122 valence electrons. The number of carbonyl (C=O) groups excluding carboxylic acids is 2. The van der Waals surface area contributed by atoms with E-state index in [1.54, 1.807) is 6.92 Å². The zero-order chi connectivity index (χ0) is 16.4. The van der Waals surface area contributed by atoms with Gasteiger partial charge in [0.15, 0.2) is 0 Å². The number of esters is 1. The van der Waals surface area contributed by atoms with Gasteiger partial charge in [-0.3, -0.25) is 4.79 Å². The molecule has 2 amide bonds. The predicted octanol–water partition coefficient (Wildman–Crippen LogP) is 1.47. The number of carboxylic acids is 1. The van der Waals surface area contributed by atoms with E-state index in [1.165, 1.54) is 4.90 Å². The minimum Gasteiger partial charge on any atom is -0.480 e. The Hall–Kier alpha value is -1.79. The third kappa shape index (κ3) is 8.16. The lowest BCUT2D eigenvalue weighted by Crippen LogP contribution is -2.50. The molecule has 1 atom stereocenters. The van der Waals surface area contributed by atoms with E-state index in [0.29, 0.717) is 19.4 Å². The van der Waals surface area contributed by atoms with Gasteiger partial charge in [-0.05, 0) is 25.7 Å². The van der Waals surface area contributed by atoms with Crippen molar-refractivity contribution in [2.75, 3.05) is 19.7 Å². The molecule has 0 unspecified atom stereocenters. The first kappa shape index (κ1) is 19.2. The Morgan fingerprint density at radius 3 is 2.29 bits per heavy atom. The summed E-state index contributed by atoms with van der Waals surface area (Å²) in [5, 5.41) is 11.6. The summed E-state index contributed by atoms with van der Waals surface area (Å²) in [5.74, 6) is -1.45. The Labute approximate surface area is 125 Å². The second-order valence-corrected chi connectivity index (χ2v) is 5.20. The first-order valence-electron chi connectivity index (χ1n) is 7.25. The van der Waals surface area contributed by atoms with Gasteiger partial charge in [0, 0.05) is 6.54 Å². The van der Waals surface area contributed by atoms with Crippen LogP contribution in [0.4, 0.5) is 4.79 Å². The molecule has 0 spiro atoms. The number of urea groups is 1. The third-order valence-corrected chi connectivity index (χ3v) is 2.71. The molecule has 0 saturated heterocycles. The Kier molecular flexibility index (Phi) is 9.16. The second-order valence-electron chi connectivity index (χ2n) is 5.20. The number of carboxylic acid groups (broad SMARTS) is 1. The fourth-order valence-electron chi connectivity index (χ4n) is 1.82. The number of amides is 2. The van der Waals surface area contributed by atoms with Gasteiger partial charge in [-0.2, -0.15) is 0 Å². The molecule has 0 aromatic rings. The van der Waals surface area contributed by atoms with E-state index in [-0.39, 0.29) is 19.1 Å². The molecule has 0 fully saturated rings. The van der Waals surface area contributed by atoms with Crippen LogP contribution in [0.1, 0.15) is 40.5 Å². The molecule has 0 aromatic heterocycles. The second kappa shape index (κ2) is 10.0. The van der Waals surface area contributed by atoms with Crippen LogP contribution in [0, 0.1) is 5.92 Å². The minimum atomic E-state index is -1.08. The highest BCUT2D eigenvalue weighted by Gasteiger charge is 2.25. The predicted molar refractivity (Wildman–Crippen MR) is 77.9 cm³/mol. The third-order valence-electron chi connectivity index (χ3n) is 2.71. The zero-order valence-corrected chi connectivity index (χ0v) is 13.2. The molecule has 2 N–H and O–H groups in total. The number of carbonyl (C=O) groups is 3. The highest BCUT2D eigenvalue weighted by atomic mass is 16.5. The highest BCUT2D eigenvalue weighted by Crippen LogP contribution is 2.06. The maximum absolute atomic E-state index is 12.1. The summed E-state index contributed by atoms with van der Waals surface area (Å²) in [7, 11) is 0. The lowest BCUT2D eigenvalue weighted by Gasteiger charge is -2.24. The van der Waals surface area contributed by atoms with Crippen molar-refractivity contribution in [3.05, 3.63) is 0 Å². The van der Waals surface area contributed by atoms with E-state index >= 15 is 0 Å². The van der Waals surface area contributed by atoms with Gasteiger partial charge in [0.25, 0.3) is 0 Å². The van der Waals surface area contributed by atoms with E-state index in [1.807, 2.05) is 20.8 Å². The van der Waals surface area contributed by atoms with Crippen LogP contribution in [0.5, 0.6) is 0 Å². The molecular formula is C14H26N2O5. The molecule has 0 aliphatic heterocycles. The van der Waals surface area contributed by atoms with E-state index in [9.17, 15) is 14.4 Å². The fourth-order valence-corrected chi connectivity index (χ4v) is 1.82. The Morgan fingerprint density at radius 1 is 1.24 bits per heavy atom. The summed E-state index contributed by atoms with van der Waals surface area (Å²) in [5.41, 5.74) is 0. The van der Waals surface area contributed by atoms with Gasteiger partial charge in [-0.25, -0.2) is 9.59 Å². The molecule has 0 rings (SSSR count). The Morgan fingerprint density at radius 2 is 1.86 bits per heavy atom. The SMILES string of the molecule is CCCN(CC(=O)OCC)C(=O)N[C@H](CC(C)C)C(=O)O. The van der Waals surface area contributed by atoms with Crippen molar-refractivity contribution in [3.8, 4) is 0 Å². The average molecular weight is 302 g/mol. The van der Waals surface area contributed by atoms with Crippen LogP contribution in [-0.4, -0.2) is 53.7 Å². The van der Waals surface area contributed by atoms with Crippen LogP contribution >= 0.6 is 0 Å². The van der Waals surface area contributed by atoms with Crippen LogP contribution in [0.2, 0.25) is 0 Å². The summed E-state index contributed by atoms with van der Waals surface area (Å²) < 4.78 is 4.81. The number of nitrogens with zero attached hydrogens (tertiary/aromatic N) is 1. The number of ether oxygens (including phenoxy) is 1. The quantitative estimate of drug-likeness (QED) is 0.629. The molecule has 0 radical (unpaired) electrons. The summed E-state index contributed by atoms with van der Waals surface area (Å²) in [6.45, 7) is 7.74. The van der Waals surface area contributed by atoms with Crippen molar-refractivity contribution in [3.63, 3.8) is 0 Å². The van der Waals surface area contributed by atoms with Gasteiger partial charge in [-0.1, -0.05) is 20.8 Å². The van der Waals surface area contributed by atoms with Crippen LogP contribution in [0.15, 0.2) is 0 Å². The van der Waals surface area contributed by atoms with E-state index in [2.05, 4.69) is 5.32 Å². The molecule has 0 aliphatic carbocycles. The minimum absolute atomic E-state index is 0.135. The molecular weight excluding hydrogens is 276 g/mol. The smallest absolute Gasteiger partial charge is 0.326 e. The van der Waals surface area contributed by atoms with Gasteiger partial charge in [0.2, 0.25) is 0 Å². The van der Waals surface area contributed by atoms with Crippen LogP contribution < -0.4 is 5.32 Å². The first-order valence-corrected chi connectivity index (χ1v) is 7.25. The standard InChI is InChI=1S/C14H26N2O5/c1-5-7-16(9-12(17)21-6-2)14(20)15-11(13(18)19)8-10(3)4/h10-11H,5-9H2,1-4H3,(H,15,20)(H,18,19)/t11-/m1/s1. The topological polar surface area (TPSA) is 95.9 Å².